The monoisotopic (exact) mass is 288 g/mol. The zero-order valence-corrected chi connectivity index (χ0v) is 11.3. The van der Waals surface area contributed by atoms with Crippen LogP contribution in [-0.2, 0) is 11.4 Å². The van der Waals surface area contributed by atoms with Crippen molar-refractivity contribution in [3.05, 3.63) is 59.7 Å². The zero-order valence-electron chi connectivity index (χ0n) is 11.3. The van der Waals surface area contributed by atoms with E-state index in [2.05, 4.69) is 0 Å². The highest BCUT2D eigenvalue weighted by atomic mass is 16.4. The standard InChI is InChI=1S/C16H16O5/c17-9-12-3-1-2-4-13(12)14(19)16(10-18)7-5-11(6-8-16)15(20)21/h1-8,11,17-18H,9-10H2,(H,20,21). The molecule has 21 heavy (non-hydrogen) atoms. The fraction of sp³-hybridized carbons (Fsp3) is 0.250. The van der Waals surface area contributed by atoms with Gasteiger partial charge in [0.1, 0.15) is 0 Å². The lowest BCUT2D eigenvalue weighted by atomic mass is 9.75. The second kappa shape index (κ2) is 6.03. The molecule has 5 nitrogen and oxygen atoms in total. The molecule has 0 radical (unpaired) electrons. The van der Waals surface area contributed by atoms with Crippen LogP contribution in [0.15, 0.2) is 48.6 Å². The van der Waals surface area contributed by atoms with Gasteiger partial charge in [-0.2, -0.15) is 0 Å². The lowest BCUT2D eigenvalue weighted by molar-refractivity contribution is -0.138. The van der Waals surface area contributed by atoms with Crippen LogP contribution in [0, 0.1) is 11.3 Å². The third kappa shape index (κ3) is 2.79. The molecule has 0 amide bonds. The van der Waals surface area contributed by atoms with E-state index in [4.69, 9.17) is 5.11 Å². The zero-order chi connectivity index (χ0) is 15.5. The van der Waals surface area contributed by atoms with Gasteiger partial charge in [-0.3, -0.25) is 9.59 Å². The molecule has 1 aromatic rings. The van der Waals surface area contributed by atoms with Crippen molar-refractivity contribution in [2.75, 3.05) is 6.61 Å². The van der Waals surface area contributed by atoms with Gasteiger partial charge in [-0.25, -0.2) is 0 Å². The fourth-order valence-electron chi connectivity index (χ4n) is 2.29. The van der Waals surface area contributed by atoms with Crippen molar-refractivity contribution >= 4 is 11.8 Å². The minimum absolute atomic E-state index is 0.283. The van der Waals surface area contributed by atoms with Crippen molar-refractivity contribution in [3.63, 3.8) is 0 Å². The van der Waals surface area contributed by atoms with E-state index < -0.39 is 23.9 Å². The number of carboxylic acids is 1. The van der Waals surface area contributed by atoms with Gasteiger partial charge >= 0.3 is 5.97 Å². The van der Waals surface area contributed by atoms with Crippen LogP contribution in [0.5, 0.6) is 0 Å². The summed E-state index contributed by atoms with van der Waals surface area (Å²) in [4.78, 5) is 23.6. The van der Waals surface area contributed by atoms with Gasteiger partial charge in [-0.05, 0) is 5.56 Å². The van der Waals surface area contributed by atoms with E-state index in [1.807, 2.05) is 0 Å². The molecule has 1 aliphatic carbocycles. The minimum Gasteiger partial charge on any atom is -0.481 e. The predicted octanol–water partition coefficient (Wildman–Crippen LogP) is 1.17. The quantitative estimate of drug-likeness (QED) is 0.558. The molecule has 1 aliphatic rings. The predicted molar refractivity (Wildman–Crippen MR) is 75.6 cm³/mol. The number of aliphatic hydroxyl groups excluding tert-OH is 2. The molecule has 0 atom stereocenters. The molecule has 2 rings (SSSR count). The first-order valence-corrected chi connectivity index (χ1v) is 6.50. The maximum atomic E-state index is 12.7. The van der Waals surface area contributed by atoms with Crippen LogP contribution in [0.25, 0.3) is 0 Å². The summed E-state index contributed by atoms with van der Waals surface area (Å²) in [6.45, 7) is -0.750. The first kappa shape index (κ1) is 15.2. The highest BCUT2D eigenvalue weighted by Gasteiger charge is 2.37. The Kier molecular flexibility index (Phi) is 4.35. The molecule has 3 N–H and O–H groups in total. The number of rotatable bonds is 5. The van der Waals surface area contributed by atoms with E-state index in [9.17, 15) is 19.8 Å². The van der Waals surface area contributed by atoms with Crippen molar-refractivity contribution in [2.45, 2.75) is 6.61 Å². The number of hydrogen-bond donors (Lipinski definition) is 3. The van der Waals surface area contributed by atoms with Gasteiger partial charge < -0.3 is 15.3 Å². The Morgan fingerprint density at radius 2 is 1.71 bits per heavy atom. The first-order chi connectivity index (χ1) is 10.0. The lowest BCUT2D eigenvalue weighted by Gasteiger charge is -2.27. The van der Waals surface area contributed by atoms with E-state index >= 15 is 0 Å². The summed E-state index contributed by atoms with van der Waals surface area (Å²) >= 11 is 0. The summed E-state index contributed by atoms with van der Waals surface area (Å²) in [5, 5.41) is 27.9. The number of hydrogen-bond acceptors (Lipinski definition) is 4. The molecule has 0 saturated heterocycles. The molecule has 1 aromatic carbocycles. The van der Waals surface area contributed by atoms with E-state index in [1.54, 1.807) is 24.3 Å². The fourth-order valence-corrected chi connectivity index (χ4v) is 2.29. The molecule has 110 valence electrons. The van der Waals surface area contributed by atoms with Crippen LogP contribution < -0.4 is 0 Å². The highest BCUT2D eigenvalue weighted by Crippen LogP contribution is 2.32. The normalized spacial score (nSPS) is 24.0. The second-order valence-electron chi connectivity index (χ2n) is 4.93. The molecule has 0 aromatic heterocycles. The third-order valence-electron chi connectivity index (χ3n) is 3.60. The Balaban J connectivity index is 2.39. The number of aliphatic carboxylic acids is 1. The van der Waals surface area contributed by atoms with Crippen molar-refractivity contribution in [2.24, 2.45) is 11.3 Å². The Morgan fingerprint density at radius 1 is 1.10 bits per heavy atom. The van der Waals surface area contributed by atoms with Crippen LogP contribution in [0.2, 0.25) is 0 Å². The molecule has 0 bridgehead atoms. The molecular weight excluding hydrogens is 272 g/mol. The second-order valence-corrected chi connectivity index (χ2v) is 4.93. The van der Waals surface area contributed by atoms with Gasteiger partial charge in [0.25, 0.3) is 0 Å². The minimum atomic E-state index is -1.28. The summed E-state index contributed by atoms with van der Waals surface area (Å²) in [5.74, 6) is -2.19. The van der Waals surface area contributed by atoms with Crippen LogP contribution in [-0.4, -0.2) is 33.7 Å². The molecular formula is C16H16O5. The molecule has 0 saturated carbocycles. The van der Waals surface area contributed by atoms with Crippen molar-refractivity contribution in [1.29, 1.82) is 0 Å². The van der Waals surface area contributed by atoms with Crippen molar-refractivity contribution in [1.82, 2.24) is 0 Å². The van der Waals surface area contributed by atoms with Gasteiger partial charge in [-0.15, -0.1) is 0 Å². The summed E-state index contributed by atoms with van der Waals surface area (Å²) in [6, 6.07) is 6.60. The topological polar surface area (TPSA) is 94.8 Å². The number of carbonyl (C=O) groups is 2. The molecule has 0 aliphatic heterocycles. The van der Waals surface area contributed by atoms with Crippen LogP contribution in [0.4, 0.5) is 0 Å². The average molecular weight is 288 g/mol. The van der Waals surface area contributed by atoms with E-state index in [0.29, 0.717) is 11.1 Å². The number of ketones is 1. The molecule has 0 unspecified atom stereocenters. The van der Waals surface area contributed by atoms with Gasteiger partial charge in [0.2, 0.25) is 0 Å². The Bertz CT molecular complexity index is 601. The SMILES string of the molecule is O=C(O)C1C=CC(CO)(C(=O)c2ccccc2CO)C=C1. The number of carboxylic acid groups (broad SMARTS) is 1. The molecule has 0 fully saturated rings. The molecule has 0 spiro atoms. The smallest absolute Gasteiger partial charge is 0.314 e. The van der Waals surface area contributed by atoms with Crippen molar-refractivity contribution in [3.8, 4) is 0 Å². The molecule has 5 heteroatoms. The highest BCUT2D eigenvalue weighted by molar-refractivity contribution is 6.04. The number of Topliss-reactive ketones (excluding diaryl/α,β-unsaturated/α-hetero) is 1. The third-order valence-corrected chi connectivity index (χ3v) is 3.60. The van der Waals surface area contributed by atoms with Crippen LogP contribution >= 0.6 is 0 Å². The number of aliphatic hydroxyl groups is 2. The van der Waals surface area contributed by atoms with Crippen LogP contribution in [0.1, 0.15) is 15.9 Å². The van der Waals surface area contributed by atoms with Gasteiger partial charge in [0.05, 0.1) is 24.5 Å². The molecule has 0 heterocycles. The average Bonchev–Trinajstić information content (AvgIpc) is 2.54. The van der Waals surface area contributed by atoms with Crippen molar-refractivity contribution < 1.29 is 24.9 Å². The number of carbonyl (C=O) groups excluding carboxylic acids is 1. The Labute approximate surface area is 121 Å². The largest absolute Gasteiger partial charge is 0.481 e. The summed E-state index contributed by atoms with van der Waals surface area (Å²) < 4.78 is 0. The van der Waals surface area contributed by atoms with Gasteiger partial charge in [-0.1, -0.05) is 48.6 Å². The summed E-state index contributed by atoms with van der Waals surface area (Å²) in [7, 11) is 0. The number of benzene rings is 1. The van der Waals surface area contributed by atoms with E-state index in [0.717, 1.165) is 0 Å². The lowest BCUT2D eigenvalue weighted by Crippen LogP contribution is -2.34. The summed E-state index contributed by atoms with van der Waals surface area (Å²) in [6.07, 6.45) is 5.61. The van der Waals surface area contributed by atoms with Gasteiger partial charge in [0, 0.05) is 5.56 Å². The maximum Gasteiger partial charge on any atom is 0.314 e. The Morgan fingerprint density at radius 3 is 2.24 bits per heavy atom. The van der Waals surface area contributed by atoms with Crippen LogP contribution in [0.3, 0.4) is 0 Å². The van der Waals surface area contributed by atoms with E-state index in [1.165, 1.54) is 24.3 Å². The van der Waals surface area contributed by atoms with E-state index in [-0.39, 0.29) is 12.4 Å². The first-order valence-electron chi connectivity index (χ1n) is 6.50. The Hall–Kier alpha value is -2.24. The van der Waals surface area contributed by atoms with Gasteiger partial charge in [0.15, 0.2) is 5.78 Å². The summed E-state index contributed by atoms with van der Waals surface area (Å²) in [5.41, 5.74) is -0.494. The maximum absolute atomic E-state index is 12.7.